The Balaban J connectivity index is 3.17. The summed E-state index contributed by atoms with van der Waals surface area (Å²) in [6, 6.07) is 2.18. The lowest BCUT2D eigenvalue weighted by Gasteiger charge is -2.09. The number of Topliss-reactive ketones (excluding diaryl/α,β-unsaturated/α-hetero) is 1. The van der Waals surface area contributed by atoms with Crippen molar-refractivity contribution in [2.75, 3.05) is 0 Å². The van der Waals surface area contributed by atoms with Crippen LogP contribution in [-0.4, -0.2) is 5.78 Å². The van der Waals surface area contributed by atoms with E-state index in [4.69, 9.17) is 0 Å². The van der Waals surface area contributed by atoms with Crippen LogP contribution < -0.4 is 0 Å². The second-order valence-corrected chi connectivity index (χ2v) is 3.11. The number of carbonyl (C=O) groups excluding carboxylic acids is 1. The maximum atomic E-state index is 12.9. The summed E-state index contributed by atoms with van der Waals surface area (Å²) in [5.41, 5.74) is -1.60. The molecular weight excluding hydrogens is 224 g/mol. The Hall–Kier alpha value is -1.65. The molecule has 86 valence electrons. The fraction of sp³-hybridized carbons (Fsp3) is 0.182. The molecule has 0 saturated heterocycles. The molecule has 16 heavy (non-hydrogen) atoms. The van der Waals surface area contributed by atoms with Crippen LogP contribution in [0.3, 0.4) is 0 Å². The molecule has 0 fully saturated rings. The Kier molecular flexibility index (Phi) is 3.47. The summed E-state index contributed by atoms with van der Waals surface area (Å²) < 4.78 is 49.8. The summed E-state index contributed by atoms with van der Waals surface area (Å²) >= 11 is 0. The van der Waals surface area contributed by atoms with Gasteiger partial charge in [-0.1, -0.05) is 6.08 Å². The van der Waals surface area contributed by atoms with E-state index in [1.54, 1.807) is 0 Å². The maximum absolute atomic E-state index is 12.9. The van der Waals surface area contributed by atoms with Crippen molar-refractivity contribution in [2.45, 2.75) is 12.6 Å². The molecule has 0 heterocycles. The van der Waals surface area contributed by atoms with Crippen molar-refractivity contribution in [3.05, 3.63) is 47.8 Å². The smallest absolute Gasteiger partial charge is 0.294 e. The summed E-state index contributed by atoms with van der Waals surface area (Å²) in [6.07, 6.45) is -3.60. The summed E-state index contributed by atoms with van der Waals surface area (Å²) in [6.45, 7) is 3.30. The number of carbonyl (C=O) groups is 1. The van der Waals surface area contributed by atoms with Crippen LogP contribution in [0.5, 0.6) is 0 Å². The Morgan fingerprint density at radius 3 is 2.50 bits per heavy atom. The minimum Gasteiger partial charge on any atom is -0.294 e. The molecule has 0 amide bonds. The molecule has 0 spiro atoms. The van der Waals surface area contributed by atoms with Gasteiger partial charge in [0.05, 0.1) is 5.56 Å². The number of hydrogen-bond acceptors (Lipinski definition) is 1. The van der Waals surface area contributed by atoms with Crippen LogP contribution in [0.25, 0.3) is 0 Å². The zero-order chi connectivity index (χ0) is 12.3. The van der Waals surface area contributed by atoms with Gasteiger partial charge < -0.3 is 0 Å². The standard InChI is InChI=1S/C11H8F4O/c1-2-3-10(16)7-4-5-9(12)8(6-7)11(13,14)15/h2,4-6H,1,3H2. The molecule has 0 saturated carbocycles. The predicted octanol–water partition coefficient (Wildman–Crippen LogP) is 3.60. The summed E-state index contributed by atoms with van der Waals surface area (Å²) in [7, 11) is 0. The average Bonchev–Trinajstić information content (AvgIpc) is 2.16. The first-order valence-electron chi connectivity index (χ1n) is 4.37. The molecular formula is C11H8F4O. The monoisotopic (exact) mass is 232 g/mol. The first kappa shape index (κ1) is 12.4. The molecule has 0 aliphatic carbocycles. The fourth-order valence-corrected chi connectivity index (χ4v) is 1.16. The van der Waals surface area contributed by atoms with Crippen molar-refractivity contribution in [1.29, 1.82) is 0 Å². The van der Waals surface area contributed by atoms with Gasteiger partial charge in [0.2, 0.25) is 0 Å². The molecule has 0 radical (unpaired) electrons. The van der Waals surface area contributed by atoms with Gasteiger partial charge in [-0.2, -0.15) is 13.2 Å². The number of allylic oxidation sites excluding steroid dienone is 1. The molecule has 1 aromatic carbocycles. The highest BCUT2D eigenvalue weighted by molar-refractivity contribution is 5.97. The second kappa shape index (κ2) is 4.47. The van der Waals surface area contributed by atoms with E-state index in [9.17, 15) is 22.4 Å². The van der Waals surface area contributed by atoms with E-state index < -0.39 is 23.3 Å². The topological polar surface area (TPSA) is 17.1 Å². The van der Waals surface area contributed by atoms with Gasteiger partial charge in [-0.25, -0.2) is 4.39 Å². The number of alkyl halides is 3. The van der Waals surface area contributed by atoms with Crippen LogP contribution in [-0.2, 0) is 6.18 Å². The van der Waals surface area contributed by atoms with Crippen molar-refractivity contribution in [2.24, 2.45) is 0 Å². The molecule has 0 bridgehead atoms. The summed E-state index contributed by atoms with van der Waals surface area (Å²) in [5.74, 6) is -1.91. The molecule has 0 aliphatic heterocycles. The lowest BCUT2D eigenvalue weighted by molar-refractivity contribution is -0.140. The van der Waals surface area contributed by atoms with Crippen molar-refractivity contribution in [3.8, 4) is 0 Å². The number of halogens is 4. The molecule has 0 aliphatic rings. The van der Waals surface area contributed by atoms with Crippen molar-refractivity contribution in [1.82, 2.24) is 0 Å². The SMILES string of the molecule is C=CCC(=O)c1ccc(F)c(C(F)(F)F)c1. The number of rotatable bonds is 3. The van der Waals surface area contributed by atoms with Gasteiger partial charge in [0.1, 0.15) is 5.82 Å². The first-order valence-corrected chi connectivity index (χ1v) is 4.37. The van der Waals surface area contributed by atoms with Crippen molar-refractivity contribution >= 4 is 5.78 Å². The molecule has 0 aromatic heterocycles. The Morgan fingerprint density at radius 1 is 1.38 bits per heavy atom. The van der Waals surface area contributed by atoms with Gasteiger partial charge in [0.25, 0.3) is 0 Å². The Labute approximate surface area is 89.4 Å². The molecule has 1 nitrogen and oxygen atoms in total. The van der Waals surface area contributed by atoms with E-state index in [-0.39, 0.29) is 12.0 Å². The molecule has 1 aromatic rings. The largest absolute Gasteiger partial charge is 0.419 e. The van der Waals surface area contributed by atoms with E-state index in [2.05, 4.69) is 6.58 Å². The van der Waals surface area contributed by atoms with Crippen molar-refractivity contribution < 1.29 is 22.4 Å². The lowest BCUT2D eigenvalue weighted by atomic mass is 10.0. The van der Waals surface area contributed by atoms with Gasteiger partial charge in [-0.15, -0.1) is 6.58 Å². The molecule has 1 rings (SSSR count). The Bertz CT molecular complexity index is 420. The van der Waals surface area contributed by atoms with E-state index >= 15 is 0 Å². The highest BCUT2D eigenvalue weighted by atomic mass is 19.4. The first-order chi connectivity index (χ1) is 7.36. The molecule has 5 heteroatoms. The minimum atomic E-state index is -4.80. The highest BCUT2D eigenvalue weighted by Crippen LogP contribution is 2.32. The minimum absolute atomic E-state index is 0.0804. The van der Waals surface area contributed by atoms with Crippen LogP contribution in [0.1, 0.15) is 22.3 Å². The maximum Gasteiger partial charge on any atom is 0.419 e. The quantitative estimate of drug-likeness (QED) is 0.442. The lowest BCUT2D eigenvalue weighted by Crippen LogP contribution is -2.10. The highest BCUT2D eigenvalue weighted by Gasteiger charge is 2.34. The van der Waals surface area contributed by atoms with Crippen LogP contribution in [0.4, 0.5) is 17.6 Å². The zero-order valence-corrected chi connectivity index (χ0v) is 8.14. The fourth-order valence-electron chi connectivity index (χ4n) is 1.16. The normalized spacial score (nSPS) is 11.2. The number of benzene rings is 1. The van der Waals surface area contributed by atoms with Gasteiger partial charge in [-0.05, 0) is 18.2 Å². The molecule has 0 atom stereocenters. The van der Waals surface area contributed by atoms with Gasteiger partial charge in [0.15, 0.2) is 5.78 Å². The van der Waals surface area contributed by atoms with E-state index in [1.165, 1.54) is 6.08 Å². The number of hydrogen-bond donors (Lipinski definition) is 0. The predicted molar refractivity (Wildman–Crippen MR) is 50.5 cm³/mol. The van der Waals surface area contributed by atoms with Gasteiger partial charge in [-0.3, -0.25) is 4.79 Å². The van der Waals surface area contributed by atoms with E-state index in [0.717, 1.165) is 6.07 Å². The average molecular weight is 232 g/mol. The summed E-state index contributed by atoms with van der Waals surface area (Å²) in [4.78, 5) is 11.3. The van der Waals surface area contributed by atoms with Crippen LogP contribution in [0.15, 0.2) is 30.9 Å². The number of ketones is 1. The van der Waals surface area contributed by atoms with Gasteiger partial charge >= 0.3 is 6.18 Å². The second-order valence-electron chi connectivity index (χ2n) is 3.11. The third-order valence-corrected chi connectivity index (χ3v) is 1.92. The van der Waals surface area contributed by atoms with Gasteiger partial charge in [0, 0.05) is 12.0 Å². The van der Waals surface area contributed by atoms with Crippen LogP contribution in [0, 0.1) is 5.82 Å². The van der Waals surface area contributed by atoms with Crippen LogP contribution in [0.2, 0.25) is 0 Å². The van der Waals surface area contributed by atoms with E-state index in [1.807, 2.05) is 0 Å². The molecule has 0 N–H and O–H groups in total. The Morgan fingerprint density at radius 2 is 2.00 bits per heavy atom. The third kappa shape index (κ3) is 2.68. The van der Waals surface area contributed by atoms with Crippen LogP contribution >= 0.6 is 0 Å². The third-order valence-electron chi connectivity index (χ3n) is 1.92. The van der Waals surface area contributed by atoms with Crippen molar-refractivity contribution in [3.63, 3.8) is 0 Å². The zero-order valence-electron chi connectivity index (χ0n) is 8.14. The summed E-state index contributed by atoms with van der Waals surface area (Å²) in [5, 5.41) is 0. The van der Waals surface area contributed by atoms with E-state index in [0.29, 0.717) is 12.1 Å². The molecule has 0 unspecified atom stereocenters.